The Morgan fingerprint density at radius 3 is 1.71 bits per heavy atom. The van der Waals surface area contributed by atoms with Crippen molar-refractivity contribution in [1.29, 1.82) is 0 Å². The van der Waals surface area contributed by atoms with Gasteiger partial charge in [-0.3, -0.25) is 0 Å². The molecule has 1 aromatic carbocycles. The summed E-state index contributed by atoms with van der Waals surface area (Å²) in [7, 11) is 0. The van der Waals surface area contributed by atoms with E-state index in [0.29, 0.717) is 5.56 Å². The van der Waals surface area contributed by atoms with Crippen molar-refractivity contribution in [2.45, 2.75) is 65.4 Å². The molecule has 0 amide bonds. The third-order valence-electron chi connectivity index (χ3n) is 4.40. The van der Waals surface area contributed by atoms with Crippen molar-refractivity contribution in [2.75, 3.05) is 0 Å². The predicted octanol–water partition coefficient (Wildman–Crippen LogP) is 5.12. The Hall–Kier alpha value is -0.960. The van der Waals surface area contributed by atoms with Gasteiger partial charge in [-0.1, -0.05) is 65.8 Å². The Morgan fingerprint density at radius 2 is 1.43 bits per heavy atom. The van der Waals surface area contributed by atoms with Crippen molar-refractivity contribution in [1.82, 2.24) is 0 Å². The monoisotopic (exact) mass is 298 g/mol. The fraction of sp³-hybridized carbons (Fsp3) is 0.667. The Bertz CT molecular complexity index is 445. The van der Waals surface area contributed by atoms with E-state index < -0.39 is 17.9 Å². The lowest BCUT2D eigenvalue weighted by Gasteiger charge is -2.39. The Morgan fingerprint density at radius 1 is 1.00 bits per heavy atom. The zero-order valence-electron chi connectivity index (χ0n) is 14.0. The average Bonchev–Trinajstić information content (AvgIpc) is 2.37. The molecule has 2 atom stereocenters. The van der Waals surface area contributed by atoms with E-state index in [1.807, 2.05) is 12.1 Å². The summed E-state index contributed by atoms with van der Waals surface area (Å²) in [5.41, 5.74) is 0.209. The molecule has 1 N–H and O–H groups in total. The van der Waals surface area contributed by atoms with Crippen molar-refractivity contribution in [3.05, 3.63) is 35.4 Å². The average molecular weight is 298 g/mol. The summed E-state index contributed by atoms with van der Waals surface area (Å²) in [6.45, 7) is 11.6. The summed E-state index contributed by atoms with van der Waals surface area (Å²) < 4.78 is 26.7. The molecule has 21 heavy (non-hydrogen) atoms. The fourth-order valence-corrected chi connectivity index (χ4v) is 2.89. The second kappa shape index (κ2) is 6.43. The van der Waals surface area contributed by atoms with Crippen LogP contribution in [-0.2, 0) is 11.0 Å². The van der Waals surface area contributed by atoms with Crippen LogP contribution in [0.5, 0.6) is 0 Å². The van der Waals surface area contributed by atoms with Gasteiger partial charge in [-0.15, -0.1) is 0 Å². The van der Waals surface area contributed by atoms with Crippen molar-refractivity contribution in [3.63, 3.8) is 0 Å². The van der Waals surface area contributed by atoms with Gasteiger partial charge in [-0.25, -0.2) is 8.78 Å². The number of halogens is 2. The lowest BCUT2D eigenvalue weighted by Crippen LogP contribution is -2.43. The number of rotatable bonds is 5. The van der Waals surface area contributed by atoms with Gasteiger partial charge >= 0.3 is 0 Å². The van der Waals surface area contributed by atoms with Crippen LogP contribution in [0.2, 0.25) is 0 Å². The molecule has 120 valence electrons. The van der Waals surface area contributed by atoms with Gasteiger partial charge < -0.3 is 5.11 Å². The molecule has 1 rings (SSSR count). The van der Waals surface area contributed by atoms with Crippen LogP contribution < -0.4 is 0 Å². The van der Waals surface area contributed by atoms with Gasteiger partial charge in [0.15, 0.2) is 0 Å². The molecule has 0 saturated carbocycles. The van der Waals surface area contributed by atoms with E-state index >= 15 is 0 Å². The molecule has 0 aliphatic carbocycles. The van der Waals surface area contributed by atoms with Gasteiger partial charge in [0.05, 0.1) is 5.92 Å². The minimum absolute atomic E-state index is 0.00134. The highest BCUT2D eigenvalue weighted by Crippen LogP contribution is 2.42. The van der Waals surface area contributed by atoms with Crippen LogP contribution in [0.4, 0.5) is 8.78 Å². The van der Waals surface area contributed by atoms with E-state index in [2.05, 4.69) is 20.8 Å². The van der Waals surface area contributed by atoms with Crippen LogP contribution >= 0.6 is 0 Å². The molecule has 2 unspecified atom stereocenters. The second-order valence-electron chi connectivity index (χ2n) is 7.16. The number of benzene rings is 1. The summed E-state index contributed by atoms with van der Waals surface area (Å²) >= 11 is 0. The topological polar surface area (TPSA) is 20.2 Å². The first-order valence-electron chi connectivity index (χ1n) is 7.66. The van der Waals surface area contributed by atoms with Crippen molar-refractivity contribution in [2.24, 2.45) is 11.8 Å². The summed E-state index contributed by atoms with van der Waals surface area (Å²) in [5, 5.41) is 11.0. The second-order valence-corrected chi connectivity index (χ2v) is 7.16. The van der Waals surface area contributed by atoms with E-state index in [1.54, 1.807) is 32.9 Å². The molecule has 0 aromatic heterocycles. The van der Waals surface area contributed by atoms with Crippen LogP contribution in [-0.4, -0.2) is 11.5 Å². The van der Waals surface area contributed by atoms with Gasteiger partial charge in [0.25, 0.3) is 0 Å². The van der Waals surface area contributed by atoms with Crippen LogP contribution in [0.15, 0.2) is 24.3 Å². The van der Waals surface area contributed by atoms with Gasteiger partial charge in [-0.05, 0) is 28.9 Å². The van der Waals surface area contributed by atoms with E-state index in [1.165, 1.54) is 0 Å². The third kappa shape index (κ3) is 3.63. The Kier molecular flexibility index (Phi) is 5.54. The normalized spacial score (nSPS) is 17.1. The standard InChI is InChI=1S/C18H28F2O/c1-7-15(16(19)20)18(21,12(2)3)14-10-8-13(9-11-14)17(4,5)6/h8-12,15-16,21H,7H2,1-6H3. The van der Waals surface area contributed by atoms with Gasteiger partial charge in [0.2, 0.25) is 6.43 Å². The van der Waals surface area contributed by atoms with Crippen molar-refractivity contribution >= 4 is 0 Å². The molecule has 0 aliphatic rings. The zero-order chi connectivity index (χ0) is 16.4. The fourth-order valence-electron chi connectivity index (χ4n) is 2.89. The van der Waals surface area contributed by atoms with Crippen LogP contribution in [0.1, 0.15) is 59.1 Å². The minimum Gasteiger partial charge on any atom is -0.384 e. The first-order chi connectivity index (χ1) is 9.55. The quantitative estimate of drug-likeness (QED) is 0.800. The van der Waals surface area contributed by atoms with Crippen LogP contribution in [0.25, 0.3) is 0 Å². The summed E-state index contributed by atoms with van der Waals surface area (Å²) in [5.74, 6) is -1.34. The lowest BCUT2D eigenvalue weighted by atomic mass is 9.72. The summed E-state index contributed by atoms with van der Waals surface area (Å²) in [6.07, 6.45) is -2.29. The molecular weight excluding hydrogens is 270 g/mol. The Balaban J connectivity index is 3.29. The summed E-state index contributed by atoms with van der Waals surface area (Å²) in [6, 6.07) is 7.46. The van der Waals surface area contributed by atoms with Crippen molar-refractivity contribution in [3.8, 4) is 0 Å². The molecule has 0 saturated heterocycles. The molecular formula is C18H28F2O. The van der Waals surface area contributed by atoms with E-state index in [0.717, 1.165) is 5.56 Å². The first kappa shape index (κ1) is 18.1. The highest BCUT2D eigenvalue weighted by molar-refractivity contribution is 5.32. The molecule has 0 heterocycles. The lowest BCUT2D eigenvalue weighted by molar-refractivity contribution is -0.121. The molecule has 0 bridgehead atoms. The van der Waals surface area contributed by atoms with E-state index in [-0.39, 0.29) is 17.8 Å². The molecule has 0 spiro atoms. The molecule has 1 nitrogen and oxygen atoms in total. The molecule has 0 radical (unpaired) electrons. The molecule has 0 aliphatic heterocycles. The number of hydrogen-bond acceptors (Lipinski definition) is 1. The first-order valence-corrected chi connectivity index (χ1v) is 7.66. The molecule has 0 fully saturated rings. The van der Waals surface area contributed by atoms with Crippen LogP contribution in [0.3, 0.4) is 0 Å². The highest BCUT2D eigenvalue weighted by Gasteiger charge is 2.45. The zero-order valence-corrected chi connectivity index (χ0v) is 14.0. The number of aliphatic hydroxyl groups is 1. The van der Waals surface area contributed by atoms with E-state index in [9.17, 15) is 13.9 Å². The molecule has 3 heteroatoms. The van der Waals surface area contributed by atoms with Gasteiger partial charge in [0, 0.05) is 0 Å². The van der Waals surface area contributed by atoms with Crippen molar-refractivity contribution < 1.29 is 13.9 Å². The maximum absolute atomic E-state index is 13.3. The van der Waals surface area contributed by atoms with Crippen LogP contribution in [0, 0.1) is 11.8 Å². The minimum atomic E-state index is -2.54. The highest BCUT2D eigenvalue weighted by atomic mass is 19.3. The smallest absolute Gasteiger partial charge is 0.244 e. The molecule has 1 aromatic rings. The SMILES string of the molecule is CCC(C(F)F)C(O)(c1ccc(C(C)(C)C)cc1)C(C)C. The van der Waals surface area contributed by atoms with Gasteiger partial charge in [0.1, 0.15) is 5.60 Å². The summed E-state index contributed by atoms with van der Waals surface area (Å²) in [4.78, 5) is 0. The number of hydrogen-bond donors (Lipinski definition) is 1. The van der Waals surface area contributed by atoms with Gasteiger partial charge in [-0.2, -0.15) is 0 Å². The van der Waals surface area contributed by atoms with E-state index in [4.69, 9.17) is 0 Å². The predicted molar refractivity (Wildman–Crippen MR) is 83.7 cm³/mol. The third-order valence-corrected chi connectivity index (χ3v) is 4.40. The largest absolute Gasteiger partial charge is 0.384 e. The number of alkyl halides is 2. The Labute approximate surface area is 127 Å². The maximum Gasteiger partial charge on any atom is 0.244 e. The maximum atomic E-state index is 13.3.